The number of rotatable bonds is 4. The molecular weight excluding hydrogens is 362 g/mol. The van der Waals surface area contributed by atoms with Crippen LogP contribution in [0.3, 0.4) is 0 Å². The van der Waals surface area contributed by atoms with E-state index in [0.29, 0.717) is 5.92 Å². The summed E-state index contributed by atoms with van der Waals surface area (Å²) >= 11 is 3.36. The lowest BCUT2D eigenvalue weighted by molar-refractivity contribution is -0.126. The highest BCUT2D eigenvalue weighted by atomic mass is 32.1. The van der Waals surface area contributed by atoms with Crippen molar-refractivity contribution in [1.29, 1.82) is 0 Å². The lowest BCUT2D eigenvalue weighted by Crippen LogP contribution is -2.36. The van der Waals surface area contributed by atoms with Crippen molar-refractivity contribution in [1.82, 2.24) is 14.9 Å². The fourth-order valence-electron chi connectivity index (χ4n) is 3.12. The predicted molar refractivity (Wildman–Crippen MR) is 107 cm³/mol. The first-order chi connectivity index (χ1) is 12.8. The topological polar surface area (TPSA) is 46.1 Å². The lowest BCUT2D eigenvalue weighted by Gasteiger charge is -2.30. The zero-order chi connectivity index (χ0) is 17.8. The molecule has 0 atom stereocenters. The van der Waals surface area contributed by atoms with Crippen LogP contribution in [0.4, 0.5) is 0 Å². The van der Waals surface area contributed by atoms with Crippen LogP contribution in [0.2, 0.25) is 0 Å². The summed E-state index contributed by atoms with van der Waals surface area (Å²) in [6.45, 7) is 1.59. The van der Waals surface area contributed by atoms with Gasteiger partial charge in [0.15, 0.2) is 0 Å². The Morgan fingerprint density at radius 1 is 1.15 bits per heavy atom. The monoisotopic (exact) mass is 381 g/mol. The molecule has 4 heterocycles. The van der Waals surface area contributed by atoms with Crippen molar-refractivity contribution in [3.8, 4) is 11.3 Å². The van der Waals surface area contributed by atoms with Crippen LogP contribution in [0.5, 0.6) is 0 Å². The van der Waals surface area contributed by atoms with Crippen molar-refractivity contribution in [2.24, 2.45) is 0 Å². The third kappa shape index (κ3) is 3.92. The fourth-order valence-corrected chi connectivity index (χ4v) is 4.75. The van der Waals surface area contributed by atoms with Gasteiger partial charge in [-0.2, -0.15) is 11.3 Å². The Bertz CT molecular complexity index is 879. The van der Waals surface area contributed by atoms with Gasteiger partial charge in [-0.25, -0.2) is 4.98 Å². The molecule has 1 amide bonds. The van der Waals surface area contributed by atoms with Crippen molar-refractivity contribution in [2.45, 2.75) is 18.8 Å². The Labute approximate surface area is 160 Å². The first-order valence-corrected chi connectivity index (χ1v) is 10.5. The largest absolute Gasteiger partial charge is 0.339 e. The van der Waals surface area contributed by atoms with E-state index in [0.717, 1.165) is 42.8 Å². The van der Waals surface area contributed by atoms with Gasteiger partial charge in [-0.15, -0.1) is 11.3 Å². The first-order valence-electron chi connectivity index (χ1n) is 8.64. The van der Waals surface area contributed by atoms with Gasteiger partial charge in [0.1, 0.15) is 0 Å². The molecule has 0 bridgehead atoms. The van der Waals surface area contributed by atoms with Crippen LogP contribution in [0.25, 0.3) is 17.3 Å². The maximum absolute atomic E-state index is 12.3. The second-order valence-electron chi connectivity index (χ2n) is 6.30. The second-order valence-corrected chi connectivity index (χ2v) is 7.97. The van der Waals surface area contributed by atoms with Crippen LogP contribution < -0.4 is 0 Å². The summed E-state index contributed by atoms with van der Waals surface area (Å²) in [5.74, 6) is 0.548. The first kappa shape index (κ1) is 17.1. The Morgan fingerprint density at radius 3 is 2.69 bits per heavy atom. The van der Waals surface area contributed by atoms with Crippen LogP contribution >= 0.6 is 22.7 Å². The number of hydrogen-bond acceptors (Lipinski definition) is 5. The molecular formula is C20H19N3OS2. The quantitative estimate of drug-likeness (QED) is 0.616. The van der Waals surface area contributed by atoms with Gasteiger partial charge in [-0.1, -0.05) is 0 Å². The number of thiazole rings is 1. The number of piperidine rings is 1. The molecule has 1 saturated heterocycles. The minimum atomic E-state index is 0.103. The molecule has 4 nitrogen and oxygen atoms in total. The number of thiophene rings is 1. The van der Waals surface area contributed by atoms with Crippen LogP contribution in [-0.2, 0) is 4.79 Å². The van der Waals surface area contributed by atoms with Gasteiger partial charge < -0.3 is 4.90 Å². The molecule has 0 spiro atoms. The molecule has 4 rings (SSSR count). The number of carbonyl (C=O) groups is 1. The third-order valence-corrected chi connectivity index (χ3v) is 6.32. The number of carbonyl (C=O) groups excluding carboxylic acids is 1. The van der Waals surface area contributed by atoms with Gasteiger partial charge in [0.2, 0.25) is 5.91 Å². The molecule has 0 radical (unpaired) electrons. The highest BCUT2D eigenvalue weighted by Crippen LogP contribution is 2.32. The number of pyridine rings is 1. The zero-order valence-corrected chi connectivity index (χ0v) is 15.9. The average molecular weight is 382 g/mol. The minimum absolute atomic E-state index is 0.103. The van der Waals surface area contributed by atoms with E-state index in [2.05, 4.69) is 10.4 Å². The smallest absolute Gasteiger partial charge is 0.246 e. The Hall–Kier alpha value is -2.31. The summed E-state index contributed by atoms with van der Waals surface area (Å²) in [7, 11) is 0. The molecule has 1 fully saturated rings. The SMILES string of the molecule is O=C(/C=C/c1ccsc1)N1CCC(c2nc(-c3ccncc3)cs2)CC1. The van der Waals surface area contributed by atoms with E-state index in [-0.39, 0.29) is 5.91 Å². The highest BCUT2D eigenvalue weighted by Gasteiger charge is 2.24. The van der Waals surface area contributed by atoms with E-state index in [1.165, 1.54) is 5.01 Å². The molecule has 3 aromatic rings. The molecule has 0 saturated carbocycles. The van der Waals surface area contributed by atoms with E-state index in [1.54, 1.807) is 41.1 Å². The third-order valence-electron chi connectivity index (χ3n) is 4.62. The molecule has 132 valence electrons. The van der Waals surface area contributed by atoms with Crippen LogP contribution in [0.15, 0.2) is 52.8 Å². The molecule has 0 aromatic carbocycles. The van der Waals surface area contributed by atoms with Gasteiger partial charge in [0.25, 0.3) is 0 Å². The highest BCUT2D eigenvalue weighted by molar-refractivity contribution is 7.10. The van der Waals surface area contributed by atoms with Crippen LogP contribution in [-0.4, -0.2) is 33.9 Å². The molecule has 6 heteroatoms. The normalized spacial score (nSPS) is 15.6. The number of amides is 1. The van der Waals surface area contributed by atoms with Crippen LogP contribution in [0, 0.1) is 0 Å². The van der Waals surface area contributed by atoms with Crippen molar-refractivity contribution >= 4 is 34.7 Å². The Balaban J connectivity index is 1.35. The van der Waals surface area contributed by atoms with E-state index >= 15 is 0 Å². The maximum Gasteiger partial charge on any atom is 0.246 e. The van der Waals surface area contributed by atoms with Crippen LogP contribution in [0.1, 0.15) is 29.3 Å². The molecule has 1 aliphatic rings. The lowest BCUT2D eigenvalue weighted by atomic mass is 9.97. The van der Waals surface area contributed by atoms with Gasteiger partial charge in [-0.3, -0.25) is 9.78 Å². The number of hydrogen-bond donors (Lipinski definition) is 0. The van der Waals surface area contributed by atoms with E-state index < -0.39 is 0 Å². The van der Waals surface area contributed by atoms with Gasteiger partial charge >= 0.3 is 0 Å². The van der Waals surface area contributed by atoms with Crippen molar-refractivity contribution in [3.63, 3.8) is 0 Å². The summed E-state index contributed by atoms with van der Waals surface area (Å²) in [6.07, 6.45) is 9.12. The maximum atomic E-state index is 12.3. The van der Waals surface area contributed by atoms with Gasteiger partial charge in [0, 0.05) is 48.4 Å². The number of nitrogens with zero attached hydrogens (tertiary/aromatic N) is 3. The average Bonchev–Trinajstić information content (AvgIpc) is 3.39. The van der Waals surface area contributed by atoms with Crippen molar-refractivity contribution in [2.75, 3.05) is 13.1 Å². The molecule has 26 heavy (non-hydrogen) atoms. The summed E-state index contributed by atoms with van der Waals surface area (Å²) in [5, 5.41) is 7.35. The minimum Gasteiger partial charge on any atom is -0.339 e. The van der Waals surface area contributed by atoms with Crippen molar-refractivity contribution < 1.29 is 4.79 Å². The molecule has 3 aromatic heterocycles. The molecule has 1 aliphatic heterocycles. The second kappa shape index (κ2) is 7.93. The Morgan fingerprint density at radius 2 is 1.96 bits per heavy atom. The van der Waals surface area contributed by atoms with Crippen molar-refractivity contribution in [3.05, 3.63) is 63.4 Å². The van der Waals surface area contributed by atoms with E-state index in [1.807, 2.05) is 39.9 Å². The fraction of sp³-hybridized carbons (Fsp3) is 0.250. The molecule has 0 N–H and O–H groups in total. The predicted octanol–water partition coefficient (Wildman–Crippen LogP) is 4.69. The number of aromatic nitrogens is 2. The Kier molecular flexibility index (Phi) is 5.22. The summed E-state index contributed by atoms with van der Waals surface area (Å²) in [5.41, 5.74) is 3.21. The standard InChI is InChI=1S/C20H19N3OS2/c24-19(2-1-15-7-12-25-13-15)23-10-5-17(6-11-23)20-22-18(14-26-20)16-3-8-21-9-4-16/h1-4,7-9,12-14,17H,5-6,10-11H2/b2-1+. The summed E-state index contributed by atoms with van der Waals surface area (Å²) < 4.78 is 0. The van der Waals surface area contributed by atoms with E-state index in [9.17, 15) is 4.79 Å². The zero-order valence-electron chi connectivity index (χ0n) is 14.2. The molecule has 0 unspecified atom stereocenters. The van der Waals surface area contributed by atoms with Gasteiger partial charge in [-0.05, 0) is 53.4 Å². The number of likely N-dealkylation sites (tertiary alicyclic amines) is 1. The van der Waals surface area contributed by atoms with E-state index in [4.69, 9.17) is 4.98 Å². The van der Waals surface area contributed by atoms with Gasteiger partial charge in [0.05, 0.1) is 10.7 Å². The molecule has 0 aliphatic carbocycles. The summed E-state index contributed by atoms with van der Waals surface area (Å²) in [4.78, 5) is 23.2. The summed E-state index contributed by atoms with van der Waals surface area (Å²) in [6, 6.07) is 5.99.